The van der Waals surface area contributed by atoms with Gasteiger partial charge in [0.15, 0.2) is 5.76 Å². The highest BCUT2D eigenvalue weighted by molar-refractivity contribution is 7.85. The van der Waals surface area contributed by atoms with Crippen molar-refractivity contribution < 1.29 is 21.9 Å². The molecule has 0 aliphatic heterocycles. The molecule has 0 saturated heterocycles. The van der Waals surface area contributed by atoms with Crippen LogP contribution in [0.1, 0.15) is 39.1 Å². The van der Waals surface area contributed by atoms with Crippen molar-refractivity contribution in [2.45, 2.75) is 38.6 Å². The number of pyridine rings is 1. The Morgan fingerprint density at radius 3 is 2.50 bits per heavy atom. The Bertz CT molecular complexity index is 792. The molecule has 2 aromatic heterocycles. The van der Waals surface area contributed by atoms with Crippen LogP contribution in [0.2, 0.25) is 0 Å². The molecule has 0 amide bonds. The molecule has 0 fully saturated rings. The normalized spacial score (nSPS) is 14.7. The Morgan fingerprint density at radius 1 is 1.25 bits per heavy atom. The summed E-state index contributed by atoms with van der Waals surface area (Å²) in [7, 11) is -1.48. The van der Waals surface area contributed by atoms with Gasteiger partial charge in [-0.3, -0.25) is 4.98 Å². The van der Waals surface area contributed by atoms with Crippen LogP contribution in [-0.2, 0) is 17.2 Å². The molecular formula is C15H16F3N3O2S. The number of aromatic nitrogens is 2. The minimum absolute atomic E-state index is 0.217. The SMILES string of the molecule is CC(=NS(=O)C(C)(C)C)c1cc(-c2ccnc(C(F)(F)F)c2)no1. The van der Waals surface area contributed by atoms with Gasteiger partial charge < -0.3 is 4.52 Å². The molecule has 24 heavy (non-hydrogen) atoms. The van der Waals surface area contributed by atoms with Gasteiger partial charge in [0, 0.05) is 17.8 Å². The molecule has 0 N–H and O–H groups in total. The summed E-state index contributed by atoms with van der Waals surface area (Å²) in [5.41, 5.74) is -0.220. The van der Waals surface area contributed by atoms with E-state index in [0.717, 1.165) is 12.3 Å². The molecule has 0 bridgehead atoms. The number of alkyl halides is 3. The van der Waals surface area contributed by atoms with Crippen LogP contribution in [0.15, 0.2) is 33.3 Å². The van der Waals surface area contributed by atoms with Crippen LogP contribution in [0, 0.1) is 0 Å². The van der Waals surface area contributed by atoms with Gasteiger partial charge in [-0.1, -0.05) is 5.16 Å². The number of hydrogen-bond donors (Lipinski definition) is 0. The molecule has 9 heteroatoms. The predicted octanol–water partition coefficient (Wildman–Crippen LogP) is 4.03. The Kier molecular flexibility index (Phi) is 4.93. The van der Waals surface area contributed by atoms with Crippen molar-refractivity contribution in [2.75, 3.05) is 0 Å². The van der Waals surface area contributed by atoms with E-state index in [1.807, 2.05) is 0 Å². The van der Waals surface area contributed by atoms with E-state index in [-0.39, 0.29) is 17.0 Å². The van der Waals surface area contributed by atoms with E-state index in [2.05, 4.69) is 14.5 Å². The third kappa shape index (κ3) is 4.28. The maximum absolute atomic E-state index is 12.7. The highest BCUT2D eigenvalue weighted by Gasteiger charge is 2.32. The summed E-state index contributed by atoms with van der Waals surface area (Å²) in [4.78, 5) is 3.30. The lowest BCUT2D eigenvalue weighted by molar-refractivity contribution is -0.141. The van der Waals surface area contributed by atoms with Gasteiger partial charge in [-0.05, 0) is 39.8 Å². The third-order valence-corrected chi connectivity index (χ3v) is 4.44. The molecule has 5 nitrogen and oxygen atoms in total. The van der Waals surface area contributed by atoms with E-state index in [1.54, 1.807) is 27.7 Å². The minimum atomic E-state index is -4.54. The molecule has 2 rings (SSSR count). The minimum Gasteiger partial charge on any atom is -0.354 e. The first-order chi connectivity index (χ1) is 11.0. The monoisotopic (exact) mass is 359 g/mol. The van der Waals surface area contributed by atoms with E-state index >= 15 is 0 Å². The summed E-state index contributed by atoms with van der Waals surface area (Å²) in [5.74, 6) is 0.243. The van der Waals surface area contributed by atoms with Gasteiger partial charge in [0.1, 0.15) is 22.4 Å². The van der Waals surface area contributed by atoms with E-state index < -0.39 is 27.6 Å². The van der Waals surface area contributed by atoms with Gasteiger partial charge in [0.25, 0.3) is 0 Å². The predicted molar refractivity (Wildman–Crippen MR) is 84.8 cm³/mol. The first kappa shape index (κ1) is 18.3. The van der Waals surface area contributed by atoms with Gasteiger partial charge >= 0.3 is 6.18 Å². The molecule has 0 aromatic carbocycles. The van der Waals surface area contributed by atoms with Crippen molar-refractivity contribution in [1.29, 1.82) is 0 Å². The maximum atomic E-state index is 12.7. The molecule has 2 aromatic rings. The lowest BCUT2D eigenvalue weighted by Gasteiger charge is -2.13. The second-order valence-electron chi connectivity index (χ2n) is 6.04. The van der Waals surface area contributed by atoms with E-state index in [4.69, 9.17) is 4.52 Å². The van der Waals surface area contributed by atoms with E-state index in [9.17, 15) is 17.4 Å². The first-order valence-corrected chi connectivity index (χ1v) is 8.07. The number of hydrogen-bond acceptors (Lipinski definition) is 4. The Labute approximate surface area is 139 Å². The molecule has 0 radical (unpaired) electrons. The summed E-state index contributed by atoms with van der Waals surface area (Å²) in [5, 5.41) is 3.75. The van der Waals surface area contributed by atoms with Gasteiger partial charge in [0.2, 0.25) is 0 Å². The zero-order chi connectivity index (χ0) is 18.1. The lowest BCUT2D eigenvalue weighted by Crippen LogP contribution is -2.20. The fraction of sp³-hybridized carbons (Fsp3) is 0.400. The molecule has 2 heterocycles. The number of rotatable bonds is 3. The van der Waals surface area contributed by atoms with Gasteiger partial charge in [0.05, 0.1) is 10.5 Å². The summed E-state index contributed by atoms with van der Waals surface area (Å²) in [6.45, 7) is 6.94. The van der Waals surface area contributed by atoms with Crippen molar-refractivity contribution >= 4 is 16.7 Å². The summed E-state index contributed by atoms with van der Waals surface area (Å²) in [6.07, 6.45) is -3.48. The Morgan fingerprint density at radius 2 is 1.92 bits per heavy atom. The number of nitrogens with zero attached hydrogens (tertiary/aromatic N) is 3. The Balaban J connectivity index is 2.32. The van der Waals surface area contributed by atoms with Crippen LogP contribution in [-0.4, -0.2) is 24.8 Å². The van der Waals surface area contributed by atoms with Crippen LogP contribution < -0.4 is 0 Å². The topological polar surface area (TPSA) is 68.3 Å². The summed E-state index contributed by atoms with van der Waals surface area (Å²) >= 11 is 0. The molecule has 0 aliphatic rings. The zero-order valence-corrected chi connectivity index (χ0v) is 14.3. The fourth-order valence-electron chi connectivity index (χ4n) is 1.63. The summed E-state index contributed by atoms with van der Waals surface area (Å²) in [6, 6.07) is 3.74. The van der Waals surface area contributed by atoms with Crippen LogP contribution in [0.4, 0.5) is 13.2 Å². The van der Waals surface area contributed by atoms with Gasteiger partial charge in [-0.25, -0.2) is 4.21 Å². The molecule has 1 unspecified atom stereocenters. The smallest absolute Gasteiger partial charge is 0.354 e. The highest BCUT2D eigenvalue weighted by Crippen LogP contribution is 2.30. The first-order valence-electron chi connectivity index (χ1n) is 6.96. The molecule has 0 aliphatic carbocycles. The van der Waals surface area contributed by atoms with Gasteiger partial charge in [-0.15, -0.1) is 0 Å². The molecule has 0 saturated carbocycles. The number of halogens is 3. The average Bonchev–Trinajstić information content (AvgIpc) is 2.95. The van der Waals surface area contributed by atoms with E-state index in [1.165, 1.54) is 12.1 Å². The maximum Gasteiger partial charge on any atom is 0.433 e. The molecule has 0 spiro atoms. The molecular weight excluding hydrogens is 343 g/mol. The Hall–Kier alpha value is -2.03. The quantitative estimate of drug-likeness (QED) is 0.776. The second kappa shape index (κ2) is 6.46. The van der Waals surface area contributed by atoms with Crippen molar-refractivity contribution in [3.05, 3.63) is 35.9 Å². The van der Waals surface area contributed by atoms with Crippen LogP contribution in [0.3, 0.4) is 0 Å². The van der Waals surface area contributed by atoms with Crippen molar-refractivity contribution in [3.63, 3.8) is 0 Å². The van der Waals surface area contributed by atoms with Crippen molar-refractivity contribution in [2.24, 2.45) is 4.40 Å². The summed E-state index contributed by atoms with van der Waals surface area (Å²) < 4.78 is 58.8. The van der Waals surface area contributed by atoms with E-state index in [0.29, 0.717) is 5.71 Å². The average molecular weight is 359 g/mol. The van der Waals surface area contributed by atoms with Crippen LogP contribution >= 0.6 is 0 Å². The fourth-order valence-corrected chi connectivity index (χ4v) is 2.25. The largest absolute Gasteiger partial charge is 0.433 e. The molecule has 130 valence electrons. The lowest BCUT2D eigenvalue weighted by atomic mass is 10.1. The third-order valence-electron chi connectivity index (χ3n) is 2.96. The van der Waals surface area contributed by atoms with Crippen LogP contribution in [0.25, 0.3) is 11.3 Å². The van der Waals surface area contributed by atoms with Crippen molar-refractivity contribution in [3.8, 4) is 11.3 Å². The highest BCUT2D eigenvalue weighted by atomic mass is 32.2. The standard InChI is InChI=1S/C15H16F3N3O2S/c1-9(21-24(22)14(2,3)4)12-8-11(20-23-12)10-5-6-19-13(7-10)15(16,17)18/h5-8H,1-4H3. The van der Waals surface area contributed by atoms with Crippen LogP contribution in [0.5, 0.6) is 0 Å². The van der Waals surface area contributed by atoms with Crippen molar-refractivity contribution in [1.82, 2.24) is 10.1 Å². The zero-order valence-electron chi connectivity index (χ0n) is 13.5. The second-order valence-corrected chi connectivity index (χ2v) is 7.95. The van der Waals surface area contributed by atoms with Gasteiger partial charge in [-0.2, -0.15) is 17.6 Å². The molecule has 1 atom stereocenters.